The van der Waals surface area contributed by atoms with E-state index in [0.29, 0.717) is 5.02 Å². The van der Waals surface area contributed by atoms with Gasteiger partial charge in [-0.3, -0.25) is 0 Å². The molecule has 0 N–H and O–H groups in total. The lowest BCUT2D eigenvalue weighted by atomic mass is 10.3. The van der Waals surface area contributed by atoms with Crippen molar-refractivity contribution < 1.29 is 0 Å². The Labute approximate surface area is 110 Å². The van der Waals surface area contributed by atoms with Crippen molar-refractivity contribution in [2.45, 2.75) is 13.8 Å². The van der Waals surface area contributed by atoms with E-state index in [4.69, 9.17) is 11.6 Å². The van der Waals surface area contributed by atoms with E-state index in [2.05, 4.69) is 28.7 Å². The lowest BCUT2D eigenvalue weighted by Gasteiger charge is -2.12. The normalized spacial score (nSPS) is 11.5. The van der Waals surface area contributed by atoms with Gasteiger partial charge in [0.15, 0.2) is 0 Å². The van der Waals surface area contributed by atoms with E-state index >= 15 is 0 Å². The molecule has 17 heavy (non-hydrogen) atoms. The van der Waals surface area contributed by atoms with Crippen molar-refractivity contribution in [1.82, 2.24) is 9.88 Å². The maximum atomic E-state index is 6.07. The quantitative estimate of drug-likeness (QED) is 0.620. The van der Waals surface area contributed by atoms with E-state index in [0.717, 1.165) is 28.4 Å². The van der Waals surface area contributed by atoms with Crippen LogP contribution in [0, 0.1) is 0 Å². The number of benzene rings is 1. The molecule has 0 aliphatic carbocycles. The highest BCUT2D eigenvalue weighted by molar-refractivity contribution is 7.22. The van der Waals surface area contributed by atoms with Crippen molar-refractivity contribution in [2.24, 2.45) is 4.99 Å². The van der Waals surface area contributed by atoms with Crippen LogP contribution < -0.4 is 0 Å². The second-order valence-electron chi connectivity index (χ2n) is 3.55. The standard InChI is InChI=1S/C12H14ClN3S/c1-3-16(4-2)8-14-12-15-11-9(13)6-5-7-10(11)17-12/h5-8H,3-4H2,1-2H3. The van der Waals surface area contributed by atoms with Crippen LogP contribution in [0.4, 0.5) is 5.13 Å². The van der Waals surface area contributed by atoms with Gasteiger partial charge in [-0.15, -0.1) is 0 Å². The molecule has 0 unspecified atom stereocenters. The molecule has 0 saturated carbocycles. The van der Waals surface area contributed by atoms with Gasteiger partial charge in [0.2, 0.25) is 5.13 Å². The first-order valence-electron chi connectivity index (χ1n) is 5.58. The van der Waals surface area contributed by atoms with Crippen LogP contribution in [0.2, 0.25) is 5.02 Å². The third kappa shape index (κ3) is 2.76. The molecule has 1 aromatic heterocycles. The fourth-order valence-electron chi connectivity index (χ4n) is 1.48. The molecule has 0 aliphatic rings. The number of para-hydroxylation sites is 1. The molecule has 90 valence electrons. The molecule has 0 fully saturated rings. The molecular formula is C12H14ClN3S. The minimum Gasteiger partial charge on any atom is -0.363 e. The Hall–Kier alpha value is -1.13. The number of halogens is 1. The zero-order valence-electron chi connectivity index (χ0n) is 9.85. The van der Waals surface area contributed by atoms with Crippen molar-refractivity contribution >= 4 is 44.6 Å². The van der Waals surface area contributed by atoms with E-state index < -0.39 is 0 Å². The van der Waals surface area contributed by atoms with Gasteiger partial charge in [0.1, 0.15) is 5.52 Å². The molecule has 0 aliphatic heterocycles. The molecule has 0 radical (unpaired) electrons. The smallest absolute Gasteiger partial charge is 0.211 e. The lowest BCUT2D eigenvalue weighted by molar-refractivity contribution is 0.480. The number of nitrogens with zero attached hydrogens (tertiary/aromatic N) is 3. The summed E-state index contributed by atoms with van der Waals surface area (Å²) < 4.78 is 1.07. The van der Waals surface area contributed by atoms with Crippen molar-refractivity contribution in [3.8, 4) is 0 Å². The first kappa shape index (κ1) is 12.3. The Morgan fingerprint density at radius 2 is 2.18 bits per heavy atom. The van der Waals surface area contributed by atoms with Gasteiger partial charge >= 0.3 is 0 Å². The molecule has 3 nitrogen and oxygen atoms in total. The summed E-state index contributed by atoms with van der Waals surface area (Å²) in [5, 5.41) is 1.43. The highest BCUT2D eigenvalue weighted by Gasteiger charge is 2.05. The van der Waals surface area contributed by atoms with Crippen LogP contribution in [0.25, 0.3) is 10.2 Å². The summed E-state index contributed by atoms with van der Waals surface area (Å²) in [6, 6.07) is 5.79. The summed E-state index contributed by atoms with van der Waals surface area (Å²) in [6.45, 7) is 6.10. The highest BCUT2D eigenvalue weighted by atomic mass is 35.5. The SMILES string of the molecule is CCN(C=Nc1nc2c(Cl)cccc2s1)CC. The van der Waals surface area contributed by atoms with Crippen LogP contribution in [-0.2, 0) is 0 Å². The Kier molecular flexibility index (Phi) is 3.97. The minimum absolute atomic E-state index is 0.683. The zero-order valence-corrected chi connectivity index (χ0v) is 11.4. The Balaban J connectivity index is 2.28. The van der Waals surface area contributed by atoms with E-state index in [9.17, 15) is 0 Å². The topological polar surface area (TPSA) is 28.5 Å². The molecule has 5 heteroatoms. The molecule has 2 aromatic rings. The van der Waals surface area contributed by atoms with Crippen molar-refractivity contribution in [2.75, 3.05) is 13.1 Å². The number of fused-ring (bicyclic) bond motifs is 1. The molecule has 0 amide bonds. The second kappa shape index (κ2) is 5.47. The molecule has 0 spiro atoms. The monoisotopic (exact) mass is 267 g/mol. The Morgan fingerprint density at radius 1 is 1.41 bits per heavy atom. The molecule has 0 saturated heterocycles. The summed E-state index contributed by atoms with van der Waals surface area (Å²) in [5.74, 6) is 0. The van der Waals surface area contributed by atoms with Crippen LogP contribution in [0.5, 0.6) is 0 Å². The largest absolute Gasteiger partial charge is 0.363 e. The van der Waals surface area contributed by atoms with Crippen molar-refractivity contribution in [3.63, 3.8) is 0 Å². The summed E-state index contributed by atoms with van der Waals surface area (Å²) >= 11 is 7.62. The number of thiazole rings is 1. The summed E-state index contributed by atoms with van der Waals surface area (Å²) in [5.41, 5.74) is 0.839. The first-order valence-corrected chi connectivity index (χ1v) is 6.77. The first-order chi connectivity index (χ1) is 8.24. The van der Waals surface area contributed by atoms with Gasteiger partial charge in [-0.25, -0.2) is 9.98 Å². The lowest BCUT2D eigenvalue weighted by Crippen LogP contribution is -2.20. The average molecular weight is 268 g/mol. The predicted molar refractivity (Wildman–Crippen MR) is 75.7 cm³/mol. The summed E-state index contributed by atoms with van der Waals surface area (Å²) in [7, 11) is 0. The fourth-order valence-corrected chi connectivity index (χ4v) is 2.58. The number of aliphatic imine (C=N–C) groups is 1. The van der Waals surface area contributed by atoms with E-state index in [1.165, 1.54) is 0 Å². The molecular weight excluding hydrogens is 254 g/mol. The average Bonchev–Trinajstić information content (AvgIpc) is 2.75. The van der Waals surface area contributed by atoms with Crippen LogP contribution >= 0.6 is 22.9 Å². The van der Waals surface area contributed by atoms with Gasteiger partial charge < -0.3 is 4.90 Å². The molecule has 0 atom stereocenters. The van der Waals surface area contributed by atoms with Crippen molar-refractivity contribution in [1.29, 1.82) is 0 Å². The van der Waals surface area contributed by atoms with Crippen LogP contribution in [0.3, 0.4) is 0 Å². The highest BCUT2D eigenvalue weighted by Crippen LogP contribution is 2.31. The van der Waals surface area contributed by atoms with Crippen LogP contribution in [-0.4, -0.2) is 29.3 Å². The summed E-state index contributed by atoms with van der Waals surface area (Å²) in [6.07, 6.45) is 1.84. The third-order valence-electron chi connectivity index (χ3n) is 2.50. The van der Waals surface area contributed by atoms with Gasteiger partial charge in [-0.05, 0) is 26.0 Å². The molecule has 0 bridgehead atoms. The van der Waals surface area contributed by atoms with Gasteiger partial charge in [-0.1, -0.05) is 29.0 Å². The van der Waals surface area contributed by atoms with Crippen LogP contribution in [0.1, 0.15) is 13.8 Å². The molecule has 1 heterocycles. The van der Waals surface area contributed by atoms with Gasteiger partial charge in [0.05, 0.1) is 16.1 Å². The Bertz CT molecular complexity index is 532. The van der Waals surface area contributed by atoms with Crippen LogP contribution in [0.15, 0.2) is 23.2 Å². The van der Waals surface area contributed by atoms with Crippen molar-refractivity contribution in [3.05, 3.63) is 23.2 Å². The Morgan fingerprint density at radius 3 is 2.82 bits per heavy atom. The number of aromatic nitrogens is 1. The second-order valence-corrected chi connectivity index (χ2v) is 4.97. The van der Waals surface area contributed by atoms with Gasteiger partial charge in [0, 0.05) is 13.1 Å². The van der Waals surface area contributed by atoms with E-state index in [-0.39, 0.29) is 0 Å². The maximum Gasteiger partial charge on any atom is 0.211 e. The zero-order chi connectivity index (χ0) is 12.3. The number of hydrogen-bond acceptors (Lipinski definition) is 3. The van der Waals surface area contributed by atoms with E-state index in [1.807, 2.05) is 24.5 Å². The maximum absolute atomic E-state index is 6.07. The third-order valence-corrected chi connectivity index (χ3v) is 3.74. The number of rotatable bonds is 4. The minimum atomic E-state index is 0.683. The molecule has 1 aromatic carbocycles. The van der Waals surface area contributed by atoms with E-state index in [1.54, 1.807) is 11.3 Å². The summed E-state index contributed by atoms with van der Waals surface area (Å²) in [4.78, 5) is 10.9. The van der Waals surface area contributed by atoms with Gasteiger partial charge in [0.25, 0.3) is 0 Å². The van der Waals surface area contributed by atoms with Gasteiger partial charge in [-0.2, -0.15) is 0 Å². The number of hydrogen-bond donors (Lipinski definition) is 0. The predicted octanol–water partition coefficient (Wildman–Crippen LogP) is 3.95. The fraction of sp³-hybridized carbons (Fsp3) is 0.333. The molecule has 2 rings (SSSR count).